The number of pyridine rings is 1. The Hall–Kier alpha value is -1.09. The minimum atomic E-state index is 0.711. The maximum atomic E-state index is 4.37. The van der Waals surface area contributed by atoms with Crippen molar-refractivity contribution in [3.05, 3.63) is 24.0 Å². The molecule has 1 aromatic rings. The van der Waals surface area contributed by atoms with Gasteiger partial charge in [0.2, 0.25) is 0 Å². The van der Waals surface area contributed by atoms with Crippen LogP contribution in [0.2, 0.25) is 0 Å². The maximum absolute atomic E-state index is 4.37. The third-order valence-corrected chi connectivity index (χ3v) is 4.19. The highest BCUT2D eigenvalue weighted by Gasteiger charge is 2.23. The molecule has 0 radical (unpaired) electrons. The van der Waals surface area contributed by atoms with E-state index in [9.17, 15) is 0 Å². The van der Waals surface area contributed by atoms with Crippen LogP contribution in [0.5, 0.6) is 0 Å². The number of nitrogens with zero attached hydrogens (tertiary/aromatic N) is 2. The zero-order valence-electron chi connectivity index (χ0n) is 13.1. The van der Waals surface area contributed by atoms with Gasteiger partial charge < -0.3 is 10.2 Å². The van der Waals surface area contributed by atoms with Crippen molar-refractivity contribution >= 4 is 5.69 Å². The van der Waals surface area contributed by atoms with Crippen molar-refractivity contribution in [3.63, 3.8) is 0 Å². The third-order valence-electron chi connectivity index (χ3n) is 4.19. The molecule has 1 unspecified atom stereocenters. The SMILES string of the molecule is CCCNCc1ccncc1N1CCCCC1CCC. The van der Waals surface area contributed by atoms with Crippen LogP contribution in [0.1, 0.15) is 57.9 Å². The first-order valence-corrected chi connectivity index (χ1v) is 8.27. The summed E-state index contributed by atoms with van der Waals surface area (Å²) in [7, 11) is 0. The Balaban J connectivity index is 2.12. The molecule has 0 spiro atoms. The molecule has 0 saturated carbocycles. The second-order valence-electron chi connectivity index (χ2n) is 5.81. The molecule has 1 N–H and O–H groups in total. The predicted molar refractivity (Wildman–Crippen MR) is 86.1 cm³/mol. The van der Waals surface area contributed by atoms with Gasteiger partial charge in [0.05, 0.1) is 11.9 Å². The topological polar surface area (TPSA) is 28.2 Å². The van der Waals surface area contributed by atoms with Gasteiger partial charge in [0, 0.05) is 25.3 Å². The number of anilines is 1. The summed E-state index contributed by atoms with van der Waals surface area (Å²) in [5.41, 5.74) is 2.76. The van der Waals surface area contributed by atoms with Crippen molar-refractivity contribution in [2.24, 2.45) is 0 Å². The summed E-state index contributed by atoms with van der Waals surface area (Å²) >= 11 is 0. The zero-order chi connectivity index (χ0) is 14.2. The molecule has 0 bridgehead atoms. The Morgan fingerprint density at radius 1 is 1.30 bits per heavy atom. The Morgan fingerprint density at radius 2 is 2.20 bits per heavy atom. The average Bonchev–Trinajstić information content (AvgIpc) is 2.49. The van der Waals surface area contributed by atoms with E-state index in [2.05, 4.69) is 41.3 Å². The van der Waals surface area contributed by atoms with Gasteiger partial charge in [-0.25, -0.2) is 0 Å². The highest BCUT2D eigenvalue weighted by molar-refractivity contribution is 5.53. The van der Waals surface area contributed by atoms with Crippen LogP contribution in [-0.2, 0) is 6.54 Å². The number of piperidine rings is 1. The van der Waals surface area contributed by atoms with E-state index in [1.165, 1.54) is 56.3 Å². The lowest BCUT2D eigenvalue weighted by Gasteiger charge is -2.38. The second kappa shape index (κ2) is 8.25. The highest BCUT2D eigenvalue weighted by atomic mass is 15.2. The number of hydrogen-bond acceptors (Lipinski definition) is 3. The molecule has 112 valence electrons. The summed E-state index contributed by atoms with van der Waals surface area (Å²) in [5.74, 6) is 0. The molecule has 3 nitrogen and oxygen atoms in total. The van der Waals surface area contributed by atoms with Crippen LogP contribution < -0.4 is 10.2 Å². The van der Waals surface area contributed by atoms with Gasteiger partial charge >= 0.3 is 0 Å². The van der Waals surface area contributed by atoms with E-state index in [-0.39, 0.29) is 0 Å². The van der Waals surface area contributed by atoms with Crippen molar-refractivity contribution in [2.75, 3.05) is 18.0 Å². The molecule has 3 heteroatoms. The summed E-state index contributed by atoms with van der Waals surface area (Å²) in [4.78, 5) is 6.99. The van der Waals surface area contributed by atoms with Crippen molar-refractivity contribution in [3.8, 4) is 0 Å². The predicted octanol–water partition coefficient (Wildman–Crippen LogP) is 3.74. The lowest BCUT2D eigenvalue weighted by atomic mass is 9.97. The van der Waals surface area contributed by atoms with Crippen molar-refractivity contribution < 1.29 is 0 Å². The summed E-state index contributed by atoms with van der Waals surface area (Å²) in [6, 6.07) is 2.89. The molecule has 20 heavy (non-hydrogen) atoms. The van der Waals surface area contributed by atoms with E-state index in [1.807, 2.05) is 6.20 Å². The van der Waals surface area contributed by atoms with E-state index in [1.54, 1.807) is 0 Å². The van der Waals surface area contributed by atoms with Crippen LogP contribution in [0, 0.1) is 0 Å². The summed E-state index contributed by atoms with van der Waals surface area (Å²) < 4.78 is 0. The van der Waals surface area contributed by atoms with Gasteiger partial charge in [-0.3, -0.25) is 4.98 Å². The van der Waals surface area contributed by atoms with Gasteiger partial charge in [0.25, 0.3) is 0 Å². The molecule has 1 fully saturated rings. The van der Waals surface area contributed by atoms with Crippen LogP contribution in [0.25, 0.3) is 0 Å². The van der Waals surface area contributed by atoms with Gasteiger partial charge in [-0.1, -0.05) is 20.3 Å². The van der Waals surface area contributed by atoms with E-state index >= 15 is 0 Å². The number of hydrogen-bond donors (Lipinski definition) is 1. The van der Waals surface area contributed by atoms with Crippen molar-refractivity contribution in [2.45, 2.75) is 65.0 Å². The lowest BCUT2D eigenvalue weighted by Crippen LogP contribution is -2.40. The second-order valence-corrected chi connectivity index (χ2v) is 5.81. The third kappa shape index (κ3) is 3.95. The Labute approximate surface area is 123 Å². The molecular weight excluding hydrogens is 246 g/mol. The Kier molecular flexibility index (Phi) is 6.31. The first-order valence-electron chi connectivity index (χ1n) is 8.27. The maximum Gasteiger partial charge on any atom is 0.0600 e. The summed E-state index contributed by atoms with van der Waals surface area (Å²) in [6.45, 7) is 7.74. The summed E-state index contributed by atoms with van der Waals surface area (Å²) in [5, 5.41) is 3.52. The standard InChI is InChI=1S/C17H29N3/c1-3-7-16-8-5-6-12-20(16)17-14-19-11-9-15(17)13-18-10-4-2/h9,11,14,16,18H,3-8,10,12-13H2,1-2H3. The van der Waals surface area contributed by atoms with Crippen LogP contribution in [0.15, 0.2) is 18.5 Å². The largest absolute Gasteiger partial charge is 0.367 e. The van der Waals surface area contributed by atoms with Gasteiger partial charge in [-0.05, 0) is 50.3 Å². The van der Waals surface area contributed by atoms with Crippen LogP contribution in [-0.4, -0.2) is 24.1 Å². The van der Waals surface area contributed by atoms with Crippen LogP contribution in [0.3, 0.4) is 0 Å². The molecule has 1 atom stereocenters. The Morgan fingerprint density at radius 3 is 3.00 bits per heavy atom. The molecule has 1 aliphatic heterocycles. The van der Waals surface area contributed by atoms with Crippen LogP contribution in [0.4, 0.5) is 5.69 Å². The van der Waals surface area contributed by atoms with E-state index in [0.29, 0.717) is 6.04 Å². The number of rotatable bonds is 7. The number of aromatic nitrogens is 1. The molecule has 1 saturated heterocycles. The first-order chi connectivity index (χ1) is 9.86. The molecule has 0 amide bonds. The van der Waals surface area contributed by atoms with Crippen LogP contribution >= 0.6 is 0 Å². The van der Waals surface area contributed by atoms with E-state index < -0.39 is 0 Å². The quantitative estimate of drug-likeness (QED) is 0.768. The fourth-order valence-corrected chi connectivity index (χ4v) is 3.17. The van der Waals surface area contributed by atoms with Crippen molar-refractivity contribution in [1.29, 1.82) is 0 Å². The Bertz CT molecular complexity index is 390. The normalized spacial score (nSPS) is 19.3. The first kappa shape index (κ1) is 15.3. The summed E-state index contributed by atoms with van der Waals surface area (Å²) in [6.07, 6.45) is 11.8. The fraction of sp³-hybridized carbons (Fsp3) is 0.706. The molecule has 2 heterocycles. The molecular formula is C17H29N3. The van der Waals surface area contributed by atoms with Crippen molar-refractivity contribution in [1.82, 2.24) is 10.3 Å². The molecule has 0 aliphatic carbocycles. The zero-order valence-corrected chi connectivity index (χ0v) is 13.1. The van der Waals surface area contributed by atoms with E-state index in [4.69, 9.17) is 0 Å². The molecule has 0 aromatic carbocycles. The average molecular weight is 275 g/mol. The van der Waals surface area contributed by atoms with Gasteiger partial charge in [0.15, 0.2) is 0 Å². The van der Waals surface area contributed by atoms with Gasteiger partial charge in [-0.2, -0.15) is 0 Å². The monoisotopic (exact) mass is 275 g/mol. The molecule has 2 rings (SSSR count). The highest BCUT2D eigenvalue weighted by Crippen LogP contribution is 2.29. The minimum absolute atomic E-state index is 0.711. The smallest absolute Gasteiger partial charge is 0.0600 e. The van der Waals surface area contributed by atoms with Gasteiger partial charge in [0.1, 0.15) is 0 Å². The lowest BCUT2D eigenvalue weighted by molar-refractivity contribution is 0.433. The number of nitrogens with one attached hydrogen (secondary N) is 1. The van der Waals surface area contributed by atoms with E-state index in [0.717, 1.165) is 13.1 Å². The minimum Gasteiger partial charge on any atom is -0.367 e. The fourth-order valence-electron chi connectivity index (χ4n) is 3.17. The molecule has 1 aliphatic rings. The van der Waals surface area contributed by atoms with Gasteiger partial charge in [-0.15, -0.1) is 0 Å². The molecule has 1 aromatic heterocycles.